The van der Waals surface area contributed by atoms with Crippen molar-refractivity contribution in [3.05, 3.63) is 48.6 Å². The fraction of sp³-hybridized carbons (Fsp3) is 0.550. The number of hydrogen-bond donors (Lipinski definition) is 2. The van der Waals surface area contributed by atoms with Crippen molar-refractivity contribution in [2.45, 2.75) is 70.8 Å². The van der Waals surface area contributed by atoms with E-state index in [1.165, 1.54) is 25.7 Å². The Morgan fingerprint density at radius 1 is 0.870 bits per heavy atom. The second-order valence-corrected chi connectivity index (χ2v) is 5.58. The van der Waals surface area contributed by atoms with E-state index in [-0.39, 0.29) is 6.42 Å². The molecule has 0 aliphatic carbocycles. The van der Waals surface area contributed by atoms with Crippen molar-refractivity contribution in [1.29, 1.82) is 0 Å². The summed E-state index contributed by atoms with van der Waals surface area (Å²) in [4.78, 5) is 10.4. The SMILES string of the molecule is CCCCC/C=C\C/C=C\C/C=C\C/C=C\CC(O)CC(=O)O. The first-order chi connectivity index (χ1) is 11.2. The van der Waals surface area contributed by atoms with Crippen LogP contribution >= 0.6 is 0 Å². The molecular weight excluding hydrogens is 288 g/mol. The van der Waals surface area contributed by atoms with E-state index in [0.29, 0.717) is 6.42 Å². The van der Waals surface area contributed by atoms with Crippen molar-refractivity contribution in [1.82, 2.24) is 0 Å². The molecule has 0 amide bonds. The zero-order valence-corrected chi connectivity index (χ0v) is 14.4. The molecule has 0 aliphatic heterocycles. The largest absolute Gasteiger partial charge is 0.481 e. The molecule has 0 aromatic heterocycles. The van der Waals surface area contributed by atoms with E-state index in [2.05, 4.69) is 43.4 Å². The second-order valence-electron chi connectivity index (χ2n) is 5.58. The summed E-state index contributed by atoms with van der Waals surface area (Å²) in [6, 6.07) is 0. The molecule has 0 heterocycles. The highest BCUT2D eigenvalue weighted by Gasteiger charge is 2.06. The van der Waals surface area contributed by atoms with E-state index < -0.39 is 12.1 Å². The maximum absolute atomic E-state index is 10.4. The Bertz CT molecular complexity index is 392. The molecule has 0 rings (SSSR count). The summed E-state index contributed by atoms with van der Waals surface area (Å²) in [5.41, 5.74) is 0. The Hall–Kier alpha value is -1.61. The van der Waals surface area contributed by atoms with Gasteiger partial charge in [0.2, 0.25) is 0 Å². The molecule has 0 aromatic rings. The highest BCUT2D eigenvalue weighted by atomic mass is 16.4. The fourth-order valence-corrected chi connectivity index (χ4v) is 1.98. The third-order valence-corrected chi connectivity index (χ3v) is 3.28. The number of carboxylic acid groups (broad SMARTS) is 1. The second kappa shape index (κ2) is 16.8. The van der Waals surface area contributed by atoms with E-state index in [1.54, 1.807) is 0 Å². The number of aliphatic hydroxyl groups excluding tert-OH is 1. The van der Waals surface area contributed by atoms with Crippen LogP contribution in [-0.4, -0.2) is 22.3 Å². The number of rotatable bonds is 14. The maximum atomic E-state index is 10.4. The van der Waals surface area contributed by atoms with Gasteiger partial charge in [-0.3, -0.25) is 4.79 Å². The van der Waals surface area contributed by atoms with Crippen LogP contribution in [0.25, 0.3) is 0 Å². The highest BCUT2D eigenvalue weighted by Crippen LogP contribution is 2.02. The van der Waals surface area contributed by atoms with Crippen molar-refractivity contribution in [3.63, 3.8) is 0 Å². The molecule has 0 spiro atoms. The van der Waals surface area contributed by atoms with Gasteiger partial charge in [-0.15, -0.1) is 0 Å². The molecule has 0 saturated carbocycles. The van der Waals surface area contributed by atoms with Crippen LogP contribution in [-0.2, 0) is 4.79 Å². The van der Waals surface area contributed by atoms with Crippen LogP contribution in [0.4, 0.5) is 0 Å². The summed E-state index contributed by atoms with van der Waals surface area (Å²) >= 11 is 0. The van der Waals surface area contributed by atoms with Gasteiger partial charge >= 0.3 is 5.97 Å². The van der Waals surface area contributed by atoms with E-state index in [9.17, 15) is 9.90 Å². The molecule has 0 bridgehead atoms. The van der Waals surface area contributed by atoms with Crippen LogP contribution in [0.3, 0.4) is 0 Å². The first kappa shape index (κ1) is 21.4. The highest BCUT2D eigenvalue weighted by molar-refractivity contribution is 5.67. The van der Waals surface area contributed by atoms with Gasteiger partial charge in [0.1, 0.15) is 0 Å². The summed E-state index contributed by atoms with van der Waals surface area (Å²) < 4.78 is 0. The number of aliphatic hydroxyl groups is 1. The van der Waals surface area contributed by atoms with Gasteiger partial charge in [-0.1, -0.05) is 68.4 Å². The van der Waals surface area contributed by atoms with Crippen LogP contribution in [0.5, 0.6) is 0 Å². The minimum atomic E-state index is -0.964. The molecule has 0 radical (unpaired) electrons. The van der Waals surface area contributed by atoms with Gasteiger partial charge in [-0.05, 0) is 38.5 Å². The van der Waals surface area contributed by atoms with E-state index in [0.717, 1.165) is 19.3 Å². The molecule has 3 heteroatoms. The molecule has 0 saturated heterocycles. The van der Waals surface area contributed by atoms with Crippen molar-refractivity contribution in [3.8, 4) is 0 Å². The predicted octanol–water partition coefficient (Wildman–Crippen LogP) is 5.19. The molecule has 0 aromatic carbocycles. The molecular formula is C20H32O3. The van der Waals surface area contributed by atoms with Gasteiger partial charge in [0.15, 0.2) is 0 Å². The minimum absolute atomic E-state index is 0.196. The zero-order valence-electron chi connectivity index (χ0n) is 14.4. The molecule has 23 heavy (non-hydrogen) atoms. The van der Waals surface area contributed by atoms with Crippen LogP contribution in [0.1, 0.15) is 64.7 Å². The lowest BCUT2D eigenvalue weighted by Gasteiger charge is -2.02. The summed E-state index contributed by atoms with van der Waals surface area (Å²) in [5, 5.41) is 17.9. The molecule has 0 aliphatic rings. The first-order valence-corrected chi connectivity index (χ1v) is 8.66. The first-order valence-electron chi connectivity index (χ1n) is 8.66. The van der Waals surface area contributed by atoms with Crippen LogP contribution in [0.15, 0.2) is 48.6 Å². The molecule has 0 fully saturated rings. The summed E-state index contributed by atoms with van der Waals surface area (Å²) in [7, 11) is 0. The number of carboxylic acids is 1. The topological polar surface area (TPSA) is 57.5 Å². The molecule has 130 valence electrons. The summed E-state index contributed by atoms with van der Waals surface area (Å²) in [5.74, 6) is -0.964. The van der Waals surface area contributed by atoms with Crippen molar-refractivity contribution < 1.29 is 15.0 Å². The van der Waals surface area contributed by atoms with Gasteiger partial charge in [0, 0.05) is 0 Å². The van der Waals surface area contributed by atoms with Crippen molar-refractivity contribution >= 4 is 5.97 Å². The third kappa shape index (κ3) is 18.3. The Morgan fingerprint density at radius 3 is 1.91 bits per heavy atom. The van der Waals surface area contributed by atoms with Gasteiger partial charge in [0.05, 0.1) is 12.5 Å². The normalized spacial score (nSPS) is 13.8. The molecule has 1 unspecified atom stereocenters. The Labute approximate surface area is 141 Å². The van der Waals surface area contributed by atoms with Crippen molar-refractivity contribution in [2.75, 3.05) is 0 Å². The van der Waals surface area contributed by atoms with Crippen LogP contribution < -0.4 is 0 Å². The Balaban J connectivity index is 3.52. The van der Waals surface area contributed by atoms with Crippen molar-refractivity contribution in [2.24, 2.45) is 0 Å². The average Bonchev–Trinajstić information content (AvgIpc) is 2.50. The number of carbonyl (C=O) groups is 1. The number of unbranched alkanes of at least 4 members (excludes halogenated alkanes) is 3. The van der Waals surface area contributed by atoms with Crippen LogP contribution in [0.2, 0.25) is 0 Å². The standard InChI is InChI=1S/C20H32O3/c1-2-3-4-5-6-7-8-9-10-11-12-13-14-15-16-17-19(21)18-20(22)23/h6-7,9-10,12-13,15-16,19,21H,2-5,8,11,14,17-18H2,1H3,(H,22,23)/b7-6-,10-9-,13-12-,16-15-. The number of aliphatic carboxylic acids is 1. The maximum Gasteiger partial charge on any atom is 0.305 e. The Morgan fingerprint density at radius 2 is 1.39 bits per heavy atom. The molecule has 1 atom stereocenters. The van der Waals surface area contributed by atoms with Gasteiger partial charge in [-0.25, -0.2) is 0 Å². The predicted molar refractivity (Wildman–Crippen MR) is 97.4 cm³/mol. The number of hydrogen-bond acceptors (Lipinski definition) is 2. The quantitative estimate of drug-likeness (QED) is 0.342. The zero-order chi connectivity index (χ0) is 17.2. The van der Waals surface area contributed by atoms with Gasteiger partial charge < -0.3 is 10.2 Å². The number of allylic oxidation sites excluding steroid dienone is 7. The smallest absolute Gasteiger partial charge is 0.305 e. The monoisotopic (exact) mass is 320 g/mol. The van der Waals surface area contributed by atoms with E-state index in [4.69, 9.17) is 5.11 Å². The third-order valence-electron chi connectivity index (χ3n) is 3.28. The van der Waals surface area contributed by atoms with Gasteiger partial charge in [0.25, 0.3) is 0 Å². The van der Waals surface area contributed by atoms with Crippen LogP contribution in [0, 0.1) is 0 Å². The van der Waals surface area contributed by atoms with E-state index >= 15 is 0 Å². The fourth-order valence-electron chi connectivity index (χ4n) is 1.98. The van der Waals surface area contributed by atoms with E-state index in [1.807, 2.05) is 12.2 Å². The van der Waals surface area contributed by atoms with Gasteiger partial charge in [-0.2, -0.15) is 0 Å². The lowest BCUT2D eigenvalue weighted by molar-refractivity contribution is -0.139. The Kier molecular flexibility index (Phi) is 15.6. The summed E-state index contributed by atoms with van der Waals surface area (Å²) in [6.07, 6.45) is 24.0. The summed E-state index contributed by atoms with van der Waals surface area (Å²) in [6.45, 7) is 2.22. The molecule has 2 N–H and O–H groups in total. The average molecular weight is 320 g/mol. The lowest BCUT2D eigenvalue weighted by atomic mass is 10.1. The lowest BCUT2D eigenvalue weighted by Crippen LogP contribution is -2.11. The molecule has 3 nitrogen and oxygen atoms in total. The minimum Gasteiger partial charge on any atom is -0.481 e.